The quantitative estimate of drug-likeness (QED) is 0.544. The normalized spacial score (nSPS) is 14.8. The first-order chi connectivity index (χ1) is 15.1. The molecule has 1 saturated heterocycles. The van der Waals surface area contributed by atoms with Crippen molar-refractivity contribution in [1.82, 2.24) is 24.1 Å². The summed E-state index contributed by atoms with van der Waals surface area (Å²) in [6.07, 6.45) is 5.26. The predicted octanol–water partition coefficient (Wildman–Crippen LogP) is 3.71. The second-order valence-corrected chi connectivity index (χ2v) is 7.53. The number of amides is 1. The molecule has 1 aromatic carbocycles. The van der Waals surface area contributed by atoms with E-state index in [1.807, 2.05) is 18.5 Å². The molecular weight excluding hydrogens is 399 g/mol. The maximum Gasteiger partial charge on any atom is 0.222 e. The number of ether oxygens (including phenoxy) is 1. The van der Waals surface area contributed by atoms with Crippen molar-refractivity contribution in [3.8, 4) is 22.6 Å². The number of hydrogen-bond acceptors (Lipinski definition) is 5. The molecule has 0 unspecified atom stereocenters. The third-order valence-corrected chi connectivity index (χ3v) is 5.36. The van der Waals surface area contributed by atoms with E-state index in [1.54, 1.807) is 22.8 Å². The van der Waals surface area contributed by atoms with Gasteiger partial charge in [-0.1, -0.05) is 0 Å². The van der Waals surface area contributed by atoms with E-state index in [9.17, 15) is 9.18 Å². The number of nitrogens with zero attached hydrogens (tertiary/aromatic N) is 5. The first kappa shape index (κ1) is 19.4. The molecule has 31 heavy (non-hydrogen) atoms. The zero-order valence-corrected chi connectivity index (χ0v) is 17.0. The number of anilines is 1. The molecule has 1 aliphatic rings. The summed E-state index contributed by atoms with van der Waals surface area (Å²) in [4.78, 5) is 20.4. The fourth-order valence-electron chi connectivity index (χ4n) is 3.92. The van der Waals surface area contributed by atoms with Gasteiger partial charge in [0, 0.05) is 31.7 Å². The molecule has 3 aromatic heterocycles. The predicted molar refractivity (Wildman–Crippen MR) is 113 cm³/mol. The van der Waals surface area contributed by atoms with E-state index in [2.05, 4.69) is 19.9 Å². The van der Waals surface area contributed by atoms with Gasteiger partial charge in [0.1, 0.15) is 11.5 Å². The van der Waals surface area contributed by atoms with E-state index < -0.39 is 0 Å². The molecule has 0 bridgehead atoms. The molecule has 1 fully saturated rings. The van der Waals surface area contributed by atoms with Gasteiger partial charge in [-0.2, -0.15) is 5.10 Å². The van der Waals surface area contributed by atoms with Crippen LogP contribution in [-0.2, 0) is 9.53 Å². The van der Waals surface area contributed by atoms with Gasteiger partial charge in [-0.3, -0.25) is 4.79 Å². The summed E-state index contributed by atoms with van der Waals surface area (Å²) < 4.78 is 22.8. The van der Waals surface area contributed by atoms with Gasteiger partial charge >= 0.3 is 0 Å². The Morgan fingerprint density at radius 3 is 2.68 bits per heavy atom. The Bertz CT molecular complexity index is 1240. The number of carbonyl (C=O) groups excluding carboxylic acids is 1. The fourth-order valence-corrected chi connectivity index (χ4v) is 3.92. The van der Waals surface area contributed by atoms with Gasteiger partial charge in [0.25, 0.3) is 0 Å². The van der Waals surface area contributed by atoms with Gasteiger partial charge < -0.3 is 14.6 Å². The highest BCUT2D eigenvalue weighted by Gasteiger charge is 2.24. The van der Waals surface area contributed by atoms with Crippen molar-refractivity contribution in [2.75, 3.05) is 18.5 Å². The van der Waals surface area contributed by atoms with Crippen molar-refractivity contribution >= 4 is 17.4 Å². The van der Waals surface area contributed by atoms with Crippen LogP contribution in [0.5, 0.6) is 0 Å². The SMILES string of the molecule is CC(=O)Nc1cn2nc(-c3c(-c4ccc(F)cc4)ncn3C3CCOCC3)ccc2n1. The monoisotopic (exact) mass is 420 g/mol. The number of carbonyl (C=O) groups is 1. The van der Waals surface area contributed by atoms with Crippen LogP contribution in [0.2, 0.25) is 0 Å². The highest BCUT2D eigenvalue weighted by Crippen LogP contribution is 2.35. The molecule has 4 aromatic rings. The minimum absolute atomic E-state index is 0.195. The molecule has 0 spiro atoms. The molecule has 8 nitrogen and oxygen atoms in total. The number of rotatable bonds is 4. The number of fused-ring (bicyclic) bond motifs is 1. The van der Waals surface area contributed by atoms with Crippen LogP contribution in [0.3, 0.4) is 0 Å². The Kier molecular flexibility index (Phi) is 4.95. The number of imidazole rings is 2. The molecular formula is C22H21FN6O2. The molecule has 1 amide bonds. The lowest BCUT2D eigenvalue weighted by atomic mass is 10.1. The fraction of sp³-hybridized carbons (Fsp3) is 0.273. The van der Waals surface area contributed by atoms with Crippen molar-refractivity contribution in [3.63, 3.8) is 0 Å². The number of hydrogen-bond donors (Lipinski definition) is 1. The summed E-state index contributed by atoms with van der Waals surface area (Å²) >= 11 is 0. The van der Waals surface area contributed by atoms with Crippen molar-refractivity contribution in [3.05, 3.63) is 54.7 Å². The summed E-state index contributed by atoms with van der Waals surface area (Å²) in [7, 11) is 0. The third-order valence-electron chi connectivity index (χ3n) is 5.36. The molecule has 5 rings (SSSR count). The third kappa shape index (κ3) is 3.79. The van der Waals surface area contributed by atoms with E-state index in [4.69, 9.17) is 9.84 Å². The van der Waals surface area contributed by atoms with Gasteiger partial charge in [-0.25, -0.2) is 18.9 Å². The second-order valence-electron chi connectivity index (χ2n) is 7.53. The zero-order chi connectivity index (χ0) is 21.4. The summed E-state index contributed by atoms with van der Waals surface area (Å²) in [5.74, 6) is -0.0497. The Hall–Kier alpha value is -3.59. The van der Waals surface area contributed by atoms with Crippen molar-refractivity contribution in [1.29, 1.82) is 0 Å². The summed E-state index contributed by atoms with van der Waals surface area (Å²) in [6.45, 7) is 2.83. The molecule has 4 heterocycles. The van der Waals surface area contributed by atoms with Crippen LogP contribution in [-0.4, -0.2) is 43.3 Å². The first-order valence-electron chi connectivity index (χ1n) is 10.1. The van der Waals surface area contributed by atoms with Crippen molar-refractivity contribution in [2.45, 2.75) is 25.8 Å². The summed E-state index contributed by atoms with van der Waals surface area (Å²) in [5, 5.41) is 7.42. The van der Waals surface area contributed by atoms with Gasteiger partial charge in [0.05, 0.1) is 23.9 Å². The van der Waals surface area contributed by atoms with Crippen molar-refractivity contribution in [2.24, 2.45) is 0 Å². The van der Waals surface area contributed by atoms with E-state index >= 15 is 0 Å². The molecule has 0 radical (unpaired) electrons. The van der Waals surface area contributed by atoms with Crippen LogP contribution in [0.1, 0.15) is 25.8 Å². The average Bonchev–Trinajstić information content (AvgIpc) is 3.37. The lowest BCUT2D eigenvalue weighted by Crippen LogP contribution is -2.20. The summed E-state index contributed by atoms with van der Waals surface area (Å²) in [5.41, 5.74) is 3.74. The Morgan fingerprint density at radius 1 is 1.16 bits per heavy atom. The standard InChI is InChI=1S/C22H21FN6O2/c1-14(30)25-19-12-29-20(26-19)7-6-18(27-29)22-21(15-2-4-16(23)5-3-15)24-13-28(22)17-8-10-31-11-9-17/h2-7,12-13,17H,8-11H2,1H3,(H,25,30). The minimum atomic E-state index is -0.294. The Labute approximate surface area is 177 Å². The van der Waals surface area contributed by atoms with Gasteiger partial charge in [-0.05, 0) is 49.2 Å². The van der Waals surface area contributed by atoms with Crippen LogP contribution in [0.15, 0.2) is 48.9 Å². The largest absolute Gasteiger partial charge is 0.381 e. The van der Waals surface area contributed by atoms with E-state index in [-0.39, 0.29) is 17.8 Å². The molecule has 0 aliphatic carbocycles. The van der Waals surface area contributed by atoms with Crippen LogP contribution in [0.25, 0.3) is 28.3 Å². The highest BCUT2D eigenvalue weighted by molar-refractivity contribution is 5.87. The molecule has 158 valence electrons. The first-order valence-corrected chi connectivity index (χ1v) is 10.1. The number of halogens is 1. The van der Waals surface area contributed by atoms with E-state index in [0.29, 0.717) is 30.4 Å². The van der Waals surface area contributed by atoms with Gasteiger partial charge in [-0.15, -0.1) is 0 Å². The van der Waals surface area contributed by atoms with Gasteiger partial charge in [0.15, 0.2) is 11.5 Å². The number of aromatic nitrogens is 5. The molecule has 9 heteroatoms. The highest BCUT2D eigenvalue weighted by atomic mass is 19.1. The smallest absolute Gasteiger partial charge is 0.222 e. The molecule has 1 N–H and O–H groups in total. The Morgan fingerprint density at radius 2 is 1.94 bits per heavy atom. The van der Waals surface area contributed by atoms with Crippen LogP contribution in [0.4, 0.5) is 10.2 Å². The summed E-state index contributed by atoms with van der Waals surface area (Å²) in [6, 6.07) is 10.3. The van der Waals surface area contributed by atoms with Crippen LogP contribution < -0.4 is 5.32 Å². The molecule has 0 atom stereocenters. The zero-order valence-electron chi connectivity index (χ0n) is 17.0. The molecule has 1 aliphatic heterocycles. The lowest BCUT2D eigenvalue weighted by Gasteiger charge is -2.25. The number of nitrogens with one attached hydrogen (secondary N) is 1. The van der Waals surface area contributed by atoms with Crippen molar-refractivity contribution < 1.29 is 13.9 Å². The molecule has 0 saturated carbocycles. The van der Waals surface area contributed by atoms with E-state index in [1.165, 1.54) is 19.1 Å². The second kappa shape index (κ2) is 7.92. The lowest BCUT2D eigenvalue weighted by molar-refractivity contribution is -0.114. The topological polar surface area (TPSA) is 86.3 Å². The Balaban J connectivity index is 1.64. The van der Waals surface area contributed by atoms with Crippen LogP contribution in [0, 0.1) is 5.82 Å². The average molecular weight is 420 g/mol. The minimum Gasteiger partial charge on any atom is -0.381 e. The number of benzene rings is 1. The maximum absolute atomic E-state index is 13.5. The maximum atomic E-state index is 13.5. The van der Waals surface area contributed by atoms with E-state index in [0.717, 1.165) is 29.8 Å². The van der Waals surface area contributed by atoms with Gasteiger partial charge in [0.2, 0.25) is 5.91 Å². The van der Waals surface area contributed by atoms with Crippen LogP contribution >= 0.6 is 0 Å².